The number of rotatable bonds is 14. The molecule has 0 aliphatic carbocycles. The van der Waals surface area contributed by atoms with Crippen molar-refractivity contribution in [3.05, 3.63) is 0 Å². The van der Waals surface area contributed by atoms with Crippen molar-refractivity contribution in [1.82, 2.24) is 15.1 Å². The van der Waals surface area contributed by atoms with Gasteiger partial charge in [-0.2, -0.15) is 0 Å². The van der Waals surface area contributed by atoms with E-state index in [-0.39, 0.29) is 5.78 Å². The summed E-state index contributed by atoms with van der Waals surface area (Å²) in [6.45, 7) is 5.15. The number of likely N-dealkylation sites (N-methyl/N-ethyl adjacent to an activating group) is 2. The van der Waals surface area contributed by atoms with Gasteiger partial charge in [-0.1, -0.05) is 6.42 Å². The highest BCUT2D eigenvalue weighted by molar-refractivity contribution is 5.77. The van der Waals surface area contributed by atoms with E-state index in [1.807, 2.05) is 7.05 Å². The van der Waals surface area contributed by atoms with Crippen molar-refractivity contribution in [3.8, 4) is 0 Å². The van der Waals surface area contributed by atoms with Gasteiger partial charge in [0.1, 0.15) is 11.8 Å². The van der Waals surface area contributed by atoms with Gasteiger partial charge in [-0.25, -0.2) is 0 Å². The lowest BCUT2D eigenvalue weighted by atomic mass is 10.1. The molecule has 0 fully saturated rings. The molecule has 6 nitrogen and oxygen atoms in total. The van der Waals surface area contributed by atoms with Crippen LogP contribution in [-0.4, -0.2) is 80.0 Å². The zero-order valence-corrected chi connectivity index (χ0v) is 14.6. The van der Waals surface area contributed by atoms with Gasteiger partial charge in [0.15, 0.2) is 0 Å². The Morgan fingerprint density at radius 1 is 1.00 bits per heavy atom. The second-order valence-electron chi connectivity index (χ2n) is 6.13. The van der Waals surface area contributed by atoms with E-state index in [0.29, 0.717) is 13.0 Å². The van der Waals surface area contributed by atoms with Crippen LogP contribution in [0, 0.1) is 0 Å². The predicted molar refractivity (Wildman–Crippen MR) is 89.2 cm³/mol. The topological polar surface area (TPSA) is 72.9 Å². The molecule has 0 spiro atoms. The predicted octanol–water partition coefficient (Wildman–Crippen LogP) is 1.06. The first-order chi connectivity index (χ1) is 10.4. The number of nitrogens with one attached hydrogen (secondary N) is 1. The Morgan fingerprint density at radius 3 is 1.95 bits per heavy atom. The SMILES string of the molecule is CNC(CCCCN(C)CCCCN(C)CC(C)=O)C(=O)O. The standard InChI is InChI=1S/C16H33N3O3/c1-14(20)13-19(4)12-8-7-11-18(3)10-6-5-9-15(17-2)16(21)22/h15,17H,5-13H2,1-4H3,(H,21,22). The summed E-state index contributed by atoms with van der Waals surface area (Å²) in [4.78, 5) is 26.2. The molecule has 0 aliphatic heterocycles. The summed E-state index contributed by atoms with van der Waals surface area (Å²) in [5.74, 6) is -0.564. The van der Waals surface area contributed by atoms with E-state index in [9.17, 15) is 9.59 Å². The van der Waals surface area contributed by atoms with E-state index in [0.717, 1.165) is 45.3 Å². The van der Waals surface area contributed by atoms with Gasteiger partial charge in [0, 0.05) is 0 Å². The molecule has 6 heteroatoms. The number of carboxylic acid groups (broad SMARTS) is 1. The first-order valence-corrected chi connectivity index (χ1v) is 8.13. The molecule has 0 saturated carbocycles. The maximum Gasteiger partial charge on any atom is 0.320 e. The summed E-state index contributed by atoms with van der Waals surface area (Å²) < 4.78 is 0. The third kappa shape index (κ3) is 11.7. The second kappa shape index (κ2) is 12.6. The van der Waals surface area contributed by atoms with Crippen LogP contribution >= 0.6 is 0 Å². The normalized spacial score (nSPS) is 12.8. The average molecular weight is 315 g/mol. The molecule has 0 bridgehead atoms. The number of ketones is 1. The molecule has 0 saturated heterocycles. The molecule has 130 valence electrons. The molecule has 2 N–H and O–H groups in total. The van der Waals surface area contributed by atoms with Crippen molar-refractivity contribution in [2.45, 2.75) is 45.1 Å². The lowest BCUT2D eigenvalue weighted by molar-refractivity contribution is -0.139. The summed E-state index contributed by atoms with van der Waals surface area (Å²) in [7, 11) is 5.77. The highest BCUT2D eigenvalue weighted by atomic mass is 16.4. The van der Waals surface area contributed by atoms with Gasteiger partial charge in [0.25, 0.3) is 0 Å². The molecule has 1 atom stereocenters. The van der Waals surface area contributed by atoms with Crippen molar-refractivity contribution in [3.63, 3.8) is 0 Å². The Hall–Kier alpha value is -0.980. The van der Waals surface area contributed by atoms with Crippen molar-refractivity contribution < 1.29 is 14.7 Å². The minimum atomic E-state index is -0.773. The van der Waals surface area contributed by atoms with Crippen LogP contribution in [-0.2, 0) is 9.59 Å². The number of carbonyl (C=O) groups is 2. The fraction of sp³-hybridized carbons (Fsp3) is 0.875. The zero-order valence-electron chi connectivity index (χ0n) is 14.6. The van der Waals surface area contributed by atoms with E-state index >= 15 is 0 Å². The van der Waals surface area contributed by atoms with E-state index in [1.165, 1.54) is 0 Å². The summed E-state index contributed by atoms with van der Waals surface area (Å²) in [5.41, 5.74) is 0. The lowest BCUT2D eigenvalue weighted by Gasteiger charge is -2.19. The Kier molecular flexibility index (Phi) is 12.0. The summed E-state index contributed by atoms with van der Waals surface area (Å²) in [6, 6.07) is -0.429. The van der Waals surface area contributed by atoms with E-state index in [4.69, 9.17) is 5.11 Å². The van der Waals surface area contributed by atoms with Crippen LogP contribution in [0.2, 0.25) is 0 Å². The summed E-state index contributed by atoms with van der Waals surface area (Å²) in [6.07, 6.45) is 4.83. The molecular weight excluding hydrogens is 282 g/mol. The van der Waals surface area contributed by atoms with E-state index in [2.05, 4.69) is 22.2 Å². The van der Waals surface area contributed by atoms with Gasteiger partial charge in [-0.15, -0.1) is 0 Å². The zero-order chi connectivity index (χ0) is 17.0. The number of unbranched alkanes of at least 4 members (excludes halogenated alkanes) is 2. The van der Waals surface area contributed by atoms with Crippen LogP contribution < -0.4 is 5.32 Å². The first-order valence-electron chi connectivity index (χ1n) is 8.13. The number of carboxylic acids is 1. The van der Waals surface area contributed by atoms with Crippen LogP contribution in [0.5, 0.6) is 0 Å². The molecule has 0 aromatic carbocycles. The molecule has 0 aliphatic rings. The highest BCUT2D eigenvalue weighted by Gasteiger charge is 2.13. The molecule has 0 amide bonds. The number of nitrogens with zero attached hydrogens (tertiary/aromatic N) is 2. The molecule has 0 aromatic rings. The van der Waals surface area contributed by atoms with Gasteiger partial charge in [0.05, 0.1) is 6.54 Å². The first kappa shape index (κ1) is 21.0. The summed E-state index contributed by atoms with van der Waals surface area (Å²) in [5, 5.41) is 11.7. The van der Waals surface area contributed by atoms with Crippen molar-refractivity contribution in [2.75, 3.05) is 47.3 Å². The van der Waals surface area contributed by atoms with Gasteiger partial charge in [-0.3, -0.25) is 14.5 Å². The molecule has 0 heterocycles. The molecule has 0 rings (SSSR count). The van der Waals surface area contributed by atoms with Gasteiger partial charge in [0.2, 0.25) is 0 Å². The molecule has 1 unspecified atom stereocenters. The lowest BCUT2D eigenvalue weighted by Crippen LogP contribution is -2.33. The highest BCUT2D eigenvalue weighted by Crippen LogP contribution is 2.03. The number of Topliss-reactive ketones (excluding diaryl/α,β-unsaturated/α-hetero) is 1. The number of hydrogen-bond acceptors (Lipinski definition) is 5. The Bertz CT molecular complexity index is 324. The fourth-order valence-electron chi connectivity index (χ4n) is 2.46. The Morgan fingerprint density at radius 2 is 1.50 bits per heavy atom. The largest absolute Gasteiger partial charge is 0.480 e. The smallest absolute Gasteiger partial charge is 0.320 e. The number of hydrogen-bond donors (Lipinski definition) is 2. The summed E-state index contributed by atoms with van der Waals surface area (Å²) >= 11 is 0. The average Bonchev–Trinajstić information content (AvgIpc) is 2.42. The number of carbonyl (C=O) groups excluding carboxylic acids is 1. The van der Waals surface area contributed by atoms with E-state index < -0.39 is 12.0 Å². The van der Waals surface area contributed by atoms with Gasteiger partial charge >= 0.3 is 5.97 Å². The second-order valence-corrected chi connectivity index (χ2v) is 6.13. The molecule has 22 heavy (non-hydrogen) atoms. The van der Waals surface area contributed by atoms with Crippen LogP contribution in [0.25, 0.3) is 0 Å². The Labute approximate surface area is 134 Å². The minimum absolute atomic E-state index is 0.209. The van der Waals surface area contributed by atoms with Crippen LogP contribution in [0.4, 0.5) is 0 Å². The van der Waals surface area contributed by atoms with E-state index in [1.54, 1.807) is 14.0 Å². The third-order valence-corrected chi connectivity index (χ3v) is 3.75. The van der Waals surface area contributed by atoms with Crippen molar-refractivity contribution in [1.29, 1.82) is 0 Å². The van der Waals surface area contributed by atoms with Gasteiger partial charge in [-0.05, 0) is 73.4 Å². The fourth-order valence-corrected chi connectivity index (χ4v) is 2.46. The molecule has 0 aromatic heterocycles. The molecular formula is C16H33N3O3. The van der Waals surface area contributed by atoms with Gasteiger partial charge < -0.3 is 15.3 Å². The third-order valence-electron chi connectivity index (χ3n) is 3.75. The maximum atomic E-state index is 11.0. The van der Waals surface area contributed by atoms with Crippen molar-refractivity contribution >= 4 is 11.8 Å². The monoisotopic (exact) mass is 315 g/mol. The van der Waals surface area contributed by atoms with Crippen LogP contribution in [0.3, 0.4) is 0 Å². The Balaban J connectivity index is 3.56. The number of aliphatic carboxylic acids is 1. The van der Waals surface area contributed by atoms with Crippen LogP contribution in [0.15, 0.2) is 0 Å². The van der Waals surface area contributed by atoms with Crippen LogP contribution in [0.1, 0.15) is 39.0 Å². The van der Waals surface area contributed by atoms with Crippen molar-refractivity contribution in [2.24, 2.45) is 0 Å². The molecule has 0 radical (unpaired) electrons. The maximum absolute atomic E-state index is 11.0. The quantitative estimate of drug-likeness (QED) is 0.467. The minimum Gasteiger partial charge on any atom is -0.480 e.